The Bertz CT molecular complexity index is 645. The Morgan fingerprint density at radius 1 is 0.356 bits per heavy atom. The molecular weight excluding hydrogens is 575 g/mol. The van der Waals surface area contributed by atoms with Crippen molar-refractivity contribution in [3.05, 3.63) is 0 Å². The van der Waals surface area contributed by atoms with Gasteiger partial charge in [0.15, 0.2) is 0 Å². The van der Waals surface area contributed by atoms with Crippen LogP contribution in [0.3, 0.4) is 0 Å². The first kappa shape index (κ1) is 44.9. The van der Waals surface area contributed by atoms with Crippen molar-refractivity contribution in [3.63, 3.8) is 0 Å². The smallest absolute Gasteiger partial charge is 0.0948 e. The van der Waals surface area contributed by atoms with Crippen LogP contribution >= 0.6 is 0 Å². The Morgan fingerprint density at radius 3 is 0.778 bits per heavy atom. The van der Waals surface area contributed by atoms with E-state index in [0.717, 1.165) is 24.1 Å². The standard InChI is InChI=1S/C40H83NO3S/c1-4-6-8-10-12-14-16-18-20-22-24-26-28-30-32-34-37-41(3,39-36-40-45(42,43)44)38-35-33-31-29-27-25-23-21-19-17-15-13-11-9-7-5-2/h4-40H2,1-3H3. The maximum Gasteiger partial charge on any atom is 0.0948 e. The summed E-state index contributed by atoms with van der Waals surface area (Å²) in [6.45, 7) is 7.64. The van der Waals surface area contributed by atoms with Gasteiger partial charge in [0.1, 0.15) is 0 Å². The molecule has 4 nitrogen and oxygen atoms in total. The van der Waals surface area contributed by atoms with E-state index in [4.69, 9.17) is 0 Å². The minimum Gasteiger partial charge on any atom is -0.748 e. The first-order valence-electron chi connectivity index (χ1n) is 20.6. The van der Waals surface area contributed by atoms with Crippen molar-refractivity contribution < 1.29 is 17.5 Å². The zero-order chi connectivity index (χ0) is 33.2. The molecule has 5 heteroatoms. The van der Waals surface area contributed by atoms with E-state index in [-0.39, 0.29) is 5.75 Å². The van der Waals surface area contributed by atoms with Crippen LogP contribution in [0, 0.1) is 0 Å². The summed E-state index contributed by atoms with van der Waals surface area (Å²) in [6.07, 6.45) is 44.8. The van der Waals surface area contributed by atoms with Gasteiger partial charge in [-0.3, -0.25) is 0 Å². The average Bonchev–Trinajstić information content (AvgIpc) is 3.00. The van der Waals surface area contributed by atoms with Crippen LogP contribution in [-0.2, 0) is 10.1 Å². The fourth-order valence-electron chi connectivity index (χ4n) is 7.04. The summed E-state index contributed by atoms with van der Waals surface area (Å²) >= 11 is 0. The number of hydrogen-bond acceptors (Lipinski definition) is 3. The molecule has 45 heavy (non-hydrogen) atoms. The van der Waals surface area contributed by atoms with Crippen molar-refractivity contribution in [1.82, 2.24) is 0 Å². The highest BCUT2D eigenvalue weighted by Crippen LogP contribution is 2.18. The molecule has 0 unspecified atom stereocenters. The van der Waals surface area contributed by atoms with Gasteiger partial charge >= 0.3 is 0 Å². The van der Waals surface area contributed by atoms with Crippen molar-refractivity contribution in [2.24, 2.45) is 0 Å². The molecule has 0 aromatic rings. The minimum absolute atomic E-state index is 0.210. The van der Waals surface area contributed by atoms with Crippen LogP contribution in [0.25, 0.3) is 0 Å². The summed E-state index contributed by atoms with van der Waals surface area (Å²) in [5.74, 6) is -0.210. The second-order valence-corrected chi connectivity index (χ2v) is 16.5. The van der Waals surface area contributed by atoms with Crippen LogP contribution in [0.15, 0.2) is 0 Å². The van der Waals surface area contributed by atoms with E-state index < -0.39 is 10.1 Å². The lowest BCUT2D eigenvalue weighted by Crippen LogP contribution is -2.46. The van der Waals surface area contributed by atoms with Crippen molar-refractivity contribution in [3.8, 4) is 0 Å². The lowest BCUT2D eigenvalue weighted by Gasteiger charge is -2.35. The van der Waals surface area contributed by atoms with Crippen LogP contribution in [0.1, 0.15) is 226 Å². The van der Waals surface area contributed by atoms with Crippen LogP contribution in [0.2, 0.25) is 0 Å². The van der Waals surface area contributed by atoms with Gasteiger partial charge in [0.2, 0.25) is 0 Å². The summed E-state index contributed by atoms with van der Waals surface area (Å²) in [5.41, 5.74) is 0. The highest BCUT2D eigenvalue weighted by molar-refractivity contribution is 7.85. The Hall–Kier alpha value is -0.130. The normalized spacial score (nSPS) is 12.4. The number of rotatable bonds is 38. The molecule has 0 fully saturated rings. The molecule has 0 aliphatic carbocycles. The predicted molar refractivity (Wildman–Crippen MR) is 199 cm³/mol. The fourth-order valence-corrected chi connectivity index (χ4v) is 7.52. The van der Waals surface area contributed by atoms with Crippen molar-refractivity contribution >= 4 is 10.1 Å². The third-order valence-electron chi connectivity index (χ3n) is 10.2. The van der Waals surface area contributed by atoms with Gasteiger partial charge in [-0.2, -0.15) is 0 Å². The van der Waals surface area contributed by atoms with Crippen LogP contribution in [0.5, 0.6) is 0 Å². The van der Waals surface area contributed by atoms with Crippen LogP contribution in [0.4, 0.5) is 0 Å². The Labute approximate surface area is 285 Å². The molecule has 0 spiro atoms. The summed E-state index contributed by atoms with van der Waals surface area (Å²) in [6, 6.07) is 0. The van der Waals surface area contributed by atoms with Gasteiger partial charge in [0, 0.05) is 12.2 Å². The summed E-state index contributed by atoms with van der Waals surface area (Å²) in [7, 11) is -1.81. The topological polar surface area (TPSA) is 57.2 Å². The Kier molecular flexibility index (Phi) is 33.7. The molecule has 0 amide bonds. The number of nitrogens with zero attached hydrogens (tertiary/aromatic N) is 1. The average molecular weight is 658 g/mol. The zero-order valence-electron chi connectivity index (χ0n) is 31.2. The Balaban J connectivity index is 3.86. The van der Waals surface area contributed by atoms with Crippen LogP contribution in [-0.4, -0.2) is 49.9 Å². The first-order valence-corrected chi connectivity index (χ1v) is 22.2. The molecule has 0 atom stereocenters. The molecule has 0 rings (SSSR count). The SMILES string of the molecule is CCCCCCCCCCCCCCCCCC[N+](C)(CCCCCCCCCCCCCCCCCC)CCCS(=O)(=O)[O-]. The summed E-state index contributed by atoms with van der Waals surface area (Å²) in [4.78, 5) is 0. The molecule has 0 saturated heterocycles. The number of quaternary nitrogens is 1. The zero-order valence-corrected chi connectivity index (χ0v) is 32.1. The lowest BCUT2D eigenvalue weighted by atomic mass is 10.0. The molecule has 0 N–H and O–H groups in total. The van der Waals surface area contributed by atoms with Gasteiger partial charge in [-0.05, 0) is 25.7 Å². The van der Waals surface area contributed by atoms with Crippen molar-refractivity contribution in [2.45, 2.75) is 226 Å². The van der Waals surface area contributed by atoms with E-state index in [0.29, 0.717) is 6.42 Å². The van der Waals surface area contributed by atoms with Gasteiger partial charge in [0.25, 0.3) is 0 Å². The maximum atomic E-state index is 11.2. The van der Waals surface area contributed by atoms with Gasteiger partial charge in [0.05, 0.1) is 36.8 Å². The van der Waals surface area contributed by atoms with E-state index in [1.165, 1.54) is 205 Å². The molecule has 272 valence electrons. The monoisotopic (exact) mass is 658 g/mol. The van der Waals surface area contributed by atoms with E-state index in [2.05, 4.69) is 20.9 Å². The molecule has 0 radical (unpaired) electrons. The lowest BCUT2D eigenvalue weighted by molar-refractivity contribution is -0.910. The molecule has 0 heterocycles. The second kappa shape index (κ2) is 33.8. The third kappa shape index (κ3) is 36.6. The van der Waals surface area contributed by atoms with Crippen LogP contribution < -0.4 is 0 Å². The molecule has 0 aromatic heterocycles. The van der Waals surface area contributed by atoms with Gasteiger partial charge in [-0.25, -0.2) is 8.42 Å². The quantitative estimate of drug-likeness (QED) is 0.0377. The highest BCUT2D eigenvalue weighted by atomic mass is 32.2. The van der Waals surface area contributed by atoms with Crippen molar-refractivity contribution in [1.29, 1.82) is 0 Å². The summed E-state index contributed by atoms with van der Waals surface area (Å²) < 4.78 is 34.5. The fraction of sp³-hybridized carbons (Fsp3) is 1.00. The van der Waals surface area contributed by atoms with E-state index in [1.54, 1.807) is 0 Å². The summed E-state index contributed by atoms with van der Waals surface area (Å²) in [5, 5.41) is 0. The maximum absolute atomic E-state index is 11.2. The largest absolute Gasteiger partial charge is 0.748 e. The molecule has 0 aliphatic heterocycles. The molecule has 0 aliphatic rings. The first-order chi connectivity index (χ1) is 21.8. The highest BCUT2D eigenvalue weighted by Gasteiger charge is 2.20. The van der Waals surface area contributed by atoms with E-state index >= 15 is 0 Å². The Morgan fingerprint density at radius 2 is 0.556 bits per heavy atom. The van der Waals surface area contributed by atoms with Crippen molar-refractivity contribution in [2.75, 3.05) is 32.4 Å². The second-order valence-electron chi connectivity index (χ2n) is 15.0. The molecule has 0 saturated carbocycles. The third-order valence-corrected chi connectivity index (χ3v) is 11.0. The number of unbranched alkanes of at least 4 members (excludes halogenated alkanes) is 30. The van der Waals surface area contributed by atoms with Gasteiger partial charge < -0.3 is 9.04 Å². The predicted octanol–water partition coefficient (Wildman–Crippen LogP) is 12.9. The molecule has 0 aromatic carbocycles. The number of hydrogen-bond donors (Lipinski definition) is 0. The van der Waals surface area contributed by atoms with E-state index in [1.807, 2.05) is 0 Å². The molecular formula is C40H83NO3S. The van der Waals surface area contributed by atoms with Gasteiger partial charge in [-0.15, -0.1) is 0 Å². The van der Waals surface area contributed by atoms with E-state index in [9.17, 15) is 13.0 Å². The van der Waals surface area contributed by atoms with Gasteiger partial charge in [-0.1, -0.05) is 194 Å². The minimum atomic E-state index is -4.11. The molecule has 0 bridgehead atoms.